The second-order valence-corrected chi connectivity index (χ2v) is 9.60. The van der Waals surface area contributed by atoms with Crippen molar-refractivity contribution in [3.63, 3.8) is 0 Å². The van der Waals surface area contributed by atoms with Crippen molar-refractivity contribution in [2.45, 2.75) is 59.8 Å². The van der Waals surface area contributed by atoms with Crippen LogP contribution in [-0.4, -0.2) is 0 Å². The van der Waals surface area contributed by atoms with Gasteiger partial charge < -0.3 is 0 Å². The molecular formula is C25H34. The van der Waals surface area contributed by atoms with E-state index >= 15 is 0 Å². The highest BCUT2D eigenvalue weighted by Gasteiger charge is 2.57. The molecule has 0 aromatic heterocycles. The van der Waals surface area contributed by atoms with Crippen molar-refractivity contribution in [3.05, 3.63) is 59.8 Å². The van der Waals surface area contributed by atoms with E-state index in [9.17, 15) is 0 Å². The first-order valence-electron chi connectivity index (χ1n) is 10.3. The number of hydrogen-bond donors (Lipinski definition) is 0. The van der Waals surface area contributed by atoms with E-state index in [1.807, 2.05) is 0 Å². The van der Waals surface area contributed by atoms with Crippen LogP contribution in [-0.2, 0) is 0 Å². The van der Waals surface area contributed by atoms with Crippen LogP contribution in [0.1, 0.15) is 59.8 Å². The zero-order chi connectivity index (χ0) is 18.0. The maximum atomic E-state index is 4.48. The van der Waals surface area contributed by atoms with Crippen LogP contribution in [0.15, 0.2) is 59.8 Å². The summed E-state index contributed by atoms with van der Waals surface area (Å²) in [7, 11) is 0. The van der Waals surface area contributed by atoms with Crippen LogP contribution in [0, 0.1) is 34.5 Å². The quantitative estimate of drug-likeness (QED) is 0.475. The van der Waals surface area contributed by atoms with E-state index in [0.29, 0.717) is 11.3 Å². The highest BCUT2D eigenvalue weighted by molar-refractivity contribution is 5.50. The Morgan fingerprint density at radius 3 is 2.80 bits per heavy atom. The molecule has 4 rings (SSSR count). The molecule has 4 aliphatic rings. The van der Waals surface area contributed by atoms with Gasteiger partial charge in [0.1, 0.15) is 0 Å². The highest BCUT2D eigenvalue weighted by Crippen LogP contribution is 2.66. The average Bonchev–Trinajstić information content (AvgIpc) is 2.85. The third kappa shape index (κ3) is 2.25. The molecule has 0 spiro atoms. The summed E-state index contributed by atoms with van der Waals surface area (Å²) in [6.07, 6.45) is 16.0. The lowest BCUT2D eigenvalue weighted by molar-refractivity contribution is 0.102. The molecule has 0 heterocycles. The lowest BCUT2D eigenvalue weighted by atomic mass is 9.52. The Morgan fingerprint density at radius 1 is 1.32 bits per heavy atom. The third-order valence-electron chi connectivity index (χ3n) is 8.28. The van der Waals surface area contributed by atoms with Gasteiger partial charge in [-0.25, -0.2) is 0 Å². The maximum Gasteiger partial charge on any atom is 0.0281 e. The van der Waals surface area contributed by atoms with Gasteiger partial charge in [-0.3, -0.25) is 0 Å². The van der Waals surface area contributed by atoms with Gasteiger partial charge >= 0.3 is 0 Å². The largest absolute Gasteiger partial charge is 0.0996 e. The van der Waals surface area contributed by atoms with Gasteiger partial charge in [0.2, 0.25) is 0 Å². The van der Waals surface area contributed by atoms with Crippen molar-refractivity contribution in [1.29, 1.82) is 0 Å². The van der Waals surface area contributed by atoms with Crippen LogP contribution in [0.25, 0.3) is 0 Å². The molecule has 134 valence electrons. The Hall–Kier alpha value is -1.30. The van der Waals surface area contributed by atoms with E-state index < -0.39 is 0 Å². The zero-order valence-corrected chi connectivity index (χ0v) is 16.6. The Labute approximate surface area is 154 Å². The van der Waals surface area contributed by atoms with Crippen molar-refractivity contribution >= 4 is 0 Å². The number of hydrogen-bond acceptors (Lipinski definition) is 0. The molecule has 25 heavy (non-hydrogen) atoms. The fourth-order valence-corrected chi connectivity index (χ4v) is 7.06. The summed E-state index contributed by atoms with van der Waals surface area (Å²) in [5.74, 6) is 3.06. The SMILES string of the molecule is C=C1C=C[C@@]2(C)C(=C1)CCC1C2=CC[C@@]2(C)C1C[C@@H](C)[C@@H]2C(=C)CC. The Balaban J connectivity index is 1.75. The number of allylic oxidation sites excluding steroid dienone is 8. The van der Waals surface area contributed by atoms with Gasteiger partial charge in [-0.2, -0.15) is 0 Å². The summed E-state index contributed by atoms with van der Waals surface area (Å²) in [4.78, 5) is 0. The molecule has 0 aromatic rings. The Kier molecular flexibility index (Phi) is 3.84. The molecule has 0 heteroatoms. The first-order valence-corrected chi connectivity index (χ1v) is 10.3. The molecular weight excluding hydrogens is 300 g/mol. The predicted molar refractivity (Wildman–Crippen MR) is 108 cm³/mol. The monoisotopic (exact) mass is 334 g/mol. The van der Waals surface area contributed by atoms with Gasteiger partial charge in [0.05, 0.1) is 0 Å². The lowest BCUT2D eigenvalue weighted by Gasteiger charge is -2.52. The molecule has 0 saturated heterocycles. The van der Waals surface area contributed by atoms with E-state index in [-0.39, 0.29) is 5.41 Å². The van der Waals surface area contributed by atoms with Crippen LogP contribution >= 0.6 is 0 Å². The van der Waals surface area contributed by atoms with E-state index in [0.717, 1.165) is 24.2 Å². The van der Waals surface area contributed by atoms with Crippen molar-refractivity contribution < 1.29 is 0 Å². The van der Waals surface area contributed by atoms with E-state index in [2.05, 4.69) is 65.2 Å². The van der Waals surface area contributed by atoms with Gasteiger partial charge in [-0.1, -0.05) is 75.0 Å². The van der Waals surface area contributed by atoms with Crippen LogP contribution in [0.2, 0.25) is 0 Å². The minimum absolute atomic E-state index is 0.147. The molecule has 2 fully saturated rings. The Morgan fingerprint density at radius 2 is 2.08 bits per heavy atom. The van der Waals surface area contributed by atoms with Crippen molar-refractivity contribution in [2.75, 3.05) is 0 Å². The van der Waals surface area contributed by atoms with Gasteiger partial charge in [0, 0.05) is 5.41 Å². The summed E-state index contributed by atoms with van der Waals surface area (Å²) in [6.45, 7) is 18.4. The second kappa shape index (κ2) is 5.60. The minimum Gasteiger partial charge on any atom is -0.0996 e. The zero-order valence-electron chi connectivity index (χ0n) is 16.6. The molecule has 0 nitrogen and oxygen atoms in total. The van der Waals surface area contributed by atoms with Gasteiger partial charge in [0.25, 0.3) is 0 Å². The summed E-state index contributed by atoms with van der Waals surface area (Å²) >= 11 is 0. The van der Waals surface area contributed by atoms with Gasteiger partial charge in [-0.05, 0) is 73.7 Å². The summed E-state index contributed by atoms with van der Waals surface area (Å²) in [6, 6.07) is 0. The third-order valence-corrected chi connectivity index (χ3v) is 8.28. The van der Waals surface area contributed by atoms with Crippen LogP contribution in [0.4, 0.5) is 0 Å². The van der Waals surface area contributed by atoms with Crippen molar-refractivity contribution in [3.8, 4) is 0 Å². The highest BCUT2D eigenvalue weighted by atomic mass is 14.6. The normalized spacial score (nSPS) is 45.2. The minimum atomic E-state index is 0.147. The molecule has 2 saturated carbocycles. The molecule has 4 aliphatic carbocycles. The fraction of sp³-hybridized carbons (Fsp3) is 0.600. The molecule has 6 atom stereocenters. The molecule has 0 amide bonds. The first-order chi connectivity index (χ1) is 11.8. The second-order valence-electron chi connectivity index (χ2n) is 9.60. The molecule has 0 aromatic carbocycles. The number of rotatable bonds is 2. The Bertz CT molecular complexity index is 714. The molecule has 0 bridgehead atoms. The van der Waals surface area contributed by atoms with Crippen LogP contribution in [0.5, 0.6) is 0 Å². The molecule has 0 aliphatic heterocycles. The summed E-state index contributed by atoms with van der Waals surface area (Å²) in [5.41, 5.74) is 6.53. The van der Waals surface area contributed by atoms with E-state index in [1.54, 1.807) is 11.1 Å². The lowest BCUT2D eigenvalue weighted by Crippen LogP contribution is -2.43. The molecule has 2 unspecified atom stereocenters. The smallest absolute Gasteiger partial charge is 0.0281 e. The van der Waals surface area contributed by atoms with Crippen LogP contribution in [0.3, 0.4) is 0 Å². The van der Waals surface area contributed by atoms with Gasteiger partial charge in [0.15, 0.2) is 0 Å². The number of fused-ring (bicyclic) bond motifs is 5. The first kappa shape index (κ1) is 17.1. The molecule has 0 N–H and O–H groups in total. The standard InChI is InChI=1S/C25H34/c1-7-17(3)23-18(4)15-22-20-9-8-19-14-16(2)10-12-24(19,5)21(20)11-13-25(22,23)6/h10-12,14,18,20,22-23H,2-3,7-9,13,15H2,1,4-6H3/t18-,20?,22?,23+,24+,25+/m1/s1. The molecule has 0 radical (unpaired) electrons. The maximum absolute atomic E-state index is 4.48. The van der Waals surface area contributed by atoms with Crippen molar-refractivity contribution in [2.24, 2.45) is 34.5 Å². The van der Waals surface area contributed by atoms with Gasteiger partial charge in [-0.15, -0.1) is 0 Å². The fourth-order valence-electron chi connectivity index (χ4n) is 7.06. The summed E-state index contributed by atoms with van der Waals surface area (Å²) in [5, 5.41) is 0. The van der Waals surface area contributed by atoms with E-state index in [4.69, 9.17) is 0 Å². The average molecular weight is 335 g/mol. The topological polar surface area (TPSA) is 0 Å². The van der Waals surface area contributed by atoms with Crippen molar-refractivity contribution in [1.82, 2.24) is 0 Å². The van der Waals surface area contributed by atoms with E-state index in [1.165, 1.54) is 36.8 Å². The summed E-state index contributed by atoms with van der Waals surface area (Å²) < 4.78 is 0. The van der Waals surface area contributed by atoms with Crippen LogP contribution < -0.4 is 0 Å². The predicted octanol–water partition coefficient (Wildman–Crippen LogP) is 7.03.